The number of amides is 1. The van der Waals surface area contributed by atoms with E-state index in [0.29, 0.717) is 11.3 Å². The van der Waals surface area contributed by atoms with Crippen molar-refractivity contribution in [1.29, 1.82) is 0 Å². The predicted molar refractivity (Wildman–Crippen MR) is 91.0 cm³/mol. The van der Waals surface area contributed by atoms with Crippen molar-refractivity contribution in [2.24, 2.45) is 5.92 Å². The molecule has 2 atom stereocenters. The summed E-state index contributed by atoms with van der Waals surface area (Å²) in [4.78, 5) is 26.5. The molecule has 5 heteroatoms. The van der Waals surface area contributed by atoms with Crippen LogP contribution < -0.4 is 4.90 Å². The maximum absolute atomic E-state index is 12.6. The summed E-state index contributed by atoms with van der Waals surface area (Å²) in [5.41, 5.74) is 1.08. The molecule has 24 heavy (non-hydrogen) atoms. The zero-order valence-corrected chi connectivity index (χ0v) is 14.4. The zero-order chi connectivity index (χ0) is 17.1. The molecule has 0 radical (unpaired) electrons. The van der Waals surface area contributed by atoms with Crippen molar-refractivity contribution in [3.05, 3.63) is 29.8 Å². The Balaban J connectivity index is 1.71. The maximum atomic E-state index is 12.6. The number of carbonyl (C=O) groups excluding carboxylic acids is 2. The minimum absolute atomic E-state index is 0.0763. The molecule has 0 aliphatic heterocycles. The molecule has 2 saturated carbocycles. The maximum Gasteiger partial charge on any atom is 0.340 e. The van der Waals surface area contributed by atoms with Gasteiger partial charge < -0.3 is 14.4 Å². The third-order valence-electron chi connectivity index (χ3n) is 4.93. The van der Waals surface area contributed by atoms with E-state index < -0.39 is 0 Å². The van der Waals surface area contributed by atoms with Gasteiger partial charge in [-0.15, -0.1) is 0 Å². The fraction of sp³-hybridized carbons (Fsp3) is 0.579. The molecule has 0 aromatic heterocycles. The minimum atomic E-state index is -0.359. The topological polar surface area (TPSA) is 55.8 Å². The van der Waals surface area contributed by atoms with Crippen LogP contribution >= 0.6 is 0 Å². The Hall–Kier alpha value is -1.88. The van der Waals surface area contributed by atoms with Gasteiger partial charge in [0.2, 0.25) is 5.91 Å². The number of carbonyl (C=O) groups is 2. The van der Waals surface area contributed by atoms with Crippen molar-refractivity contribution in [2.75, 3.05) is 19.1 Å². The Kier molecular flexibility index (Phi) is 5.19. The van der Waals surface area contributed by atoms with Crippen LogP contribution in [0, 0.1) is 5.92 Å². The van der Waals surface area contributed by atoms with Crippen molar-refractivity contribution in [2.45, 2.75) is 50.7 Å². The molecule has 1 amide bonds. The number of anilines is 1. The van der Waals surface area contributed by atoms with Crippen LogP contribution in [0.2, 0.25) is 0 Å². The Morgan fingerprint density at radius 1 is 1.08 bits per heavy atom. The lowest BCUT2D eigenvalue weighted by molar-refractivity contribution is -0.119. The highest BCUT2D eigenvalue weighted by Crippen LogP contribution is 2.33. The number of methoxy groups -OCH3 is 1. The molecule has 2 fully saturated rings. The normalized spacial score (nSPS) is 23.6. The fourth-order valence-corrected chi connectivity index (χ4v) is 3.30. The van der Waals surface area contributed by atoms with Crippen LogP contribution in [0.3, 0.4) is 0 Å². The van der Waals surface area contributed by atoms with Crippen LogP contribution in [-0.2, 0) is 14.3 Å². The number of hydrogen-bond acceptors (Lipinski definition) is 4. The Morgan fingerprint density at radius 2 is 1.79 bits per heavy atom. The zero-order valence-electron chi connectivity index (χ0n) is 14.4. The monoisotopic (exact) mass is 331 g/mol. The first kappa shape index (κ1) is 17.0. The van der Waals surface area contributed by atoms with Crippen molar-refractivity contribution < 1.29 is 19.1 Å². The molecule has 130 valence electrons. The van der Waals surface area contributed by atoms with Gasteiger partial charge >= 0.3 is 5.97 Å². The summed E-state index contributed by atoms with van der Waals surface area (Å²) in [6, 6.07) is 7.17. The summed E-state index contributed by atoms with van der Waals surface area (Å²) in [5.74, 6) is -0.171. The average Bonchev–Trinajstić information content (AvgIpc) is 3.45. The van der Waals surface area contributed by atoms with Crippen molar-refractivity contribution >= 4 is 17.6 Å². The van der Waals surface area contributed by atoms with Gasteiger partial charge in [0.1, 0.15) is 6.10 Å². The van der Waals surface area contributed by atoms with E-state index in [1.54, 1.807) is 37.3 Å². The summed E-state index contributed by atoms with van der Waals surface area (Å²) in [6.45, 7) is 0. The van der Waals surface area contributed by atoms with E-state index in [4.69, 9.17) is 9.47 Å². The third-order valence-corrected chi connectivity index (χ3v) is 4.93. The fourth-order valence-electron chi connectivity index (χ4n) is 3.30. The number of nitrogens with zero attached hydrogens (tertiary/aromatic N) is 1. The summed E-state index contributed by atoms with van der Waals surface area (Å²) < 4.78 is 11.1. The second-order valence-corrected chi connectivity index (χ2v) is 6.74. The molecule has 0 bridgehead atoms. The first-order valence-electron chi connectivity index (χ1n) is 8.70. The van der Waals surface area contributed by atoms with Crippen LogP contribution in [0.25, 0.3) is 0 Å². The summed E-state index contributed by atoms with van der Waals surface area (Å²) in [5, 5.41) is 0. The van der Waals surface area contributed by atoms with E-state index in [1.807, 2.05) is 6.07 Å². The van der Waals surface area contributed by atoms with Gasteiger partial charge in [-0.05, 0) is 44.2 Å². The highest BCUT2D eigenvalue weighted by Gasteiger charge is 2.34. The first-order valence-corrected chi connectivity index (χ1v) is 8.70. The molecular formula is C19H25NO4. The van der Waals surface area contributed by atoms with Gasteiger partial charge in [0.05, 0.1) is 17.4 Å². The van der Waals surface area contributed by atoms with E-state index in [-0.39, 0.29) is 30.0 Å². The van der Waals surface area contributed by atoms with Gasteiger partial charge in [-0.25, -0.2) is 4.79 Å². The number of para-hydroxylation sites is 1. The molecular weight excluding hydrogens is 306 g/mol. The van der Waals surface area contributed by atoms with Crippen LogP contribution in [-0.4, -0.2) is 38.2 Å². The van der Waals surface area contributed by atoms with Crippen molar-refractivity contribution in [1.82, 2.24) is 0 Å². The lowest BCUT2D eigenvalue weighted by Gasteiger charge is -2.28. The predicted octanol–water partition coefficient (Wildman–Crippen LogP) is 3.17. The highest BCUT2D eigenvalue weighted by atomic mass is 16.5. The largest absolute Gasteiger partial charge is 0.459 e. The van der Waals surface area contributed by atoms with E-state index in [0.717, 1.165) is 38.5 Å². The molecule has 3 rings (SSSR count). The highest BCUT2D eigenvalue weighted by molar-refractivity contribution is 6.03. The Bertz CT molecular complexity index is 611. The average molecular weight is 331 g/mol. The molecule has 0 spiro atoms. The first-order chi connectivity index (χ1) is 11.6. The lowest BCUT2D eigenvalue weighted by Crippen LogP contribution is -2.31. The van der Waals surface area contributed by atoms with Crippen LogP contribution in [0.1, 0.15) is 48.9 Å². The van der Waals surface area contributed by atoms with E-state index in [1.165, 1.54) is 0 Å². The molecule has 5 nitrogen and oxygen atoms in total. The van der Waals surface area contributed by atoms with Gasteiger partial charge in [0.25, 0.3) is 0 Å². The van der Waals surface area contributed by atoms with Gasteiger partial charge in [-0.1, -0.05) is 12.1 Å². The molecule has 1 aromatic carbocycles. The van der Waals surface area contributed by atoms with Gasteiger partial charge in [-0.3, -0.25) is 4.79 Å². The Labute approximate surface area is 142 Å². The number of hydrogen-bond donors (Lipinski definition) is 0. The molecule has 0 saturated heterocycles. The minimum Gasteiger partial charge on any atom is -0.459 e. The van der Waals surface area contributed by atoms with Crippen LogP contribution in [0.15, 0.2) is 24.3 Å². The number of benzene rings is 1. The van der Waals surface area contributed by atoms with E-state index in [9.17, 15) is 9.59 Å². The van der Waals surface area contributed by atoms with E-state index >= 15 is 0 Å². The summed E-state index contributed by atoms with van der Waals surface area (Å²) >= 11 is 0. The van der Waals surface area contributed by atoms with Crippen molar-refractivity contribution in [3.8, 4) is 0 Å². The number of esters is 1. The second-order valence-electron chi connectivity index (χ2n) is 6.74. The third kappa shape index (κ3) is 3.78. The van der Waals surface area contributed by atoms with Gasteiger partial charge in [-0.2, -0.15) is 0 Å². The van der Waals surface area contributed by atoms with E-state index in [2.05, 4.69) is 0 Å². The molecule has 2 aliphatic carbocycles. The van der Waals surface area contributed by atoms with Crippen LogP contribution in [0.4, 0.5) is 5.69 Å². The molecule has 1 aromatic rings. The number of ether oxygens (including phenoxy) is 2. The van der Waals surface area contributed by atoms with Crippen molar-refractivity contribution in [3.63, 3.8) is 0 Å². The van der Waals surface area contributed by atoms with Gasteiger partial charge in [0, 0.05) is 26.5 Å². The molecule has 0 N–H and O–H groups in total. The molecule has 0 unspecified atom stereocenters. The summed E-state index contributed by atoms with van der Waals surface area (Å²) in [6.07, 6.45) is 5.54. The quantitative estimate of drug-likeness (QED) is 0.778. The summed E-state index contributed by atoms with van der Waals surface area (Å²) in [7, 11) is 3.43. The SMILES string of the molecule is CO[C@H]1CCC[C@H](OC(=O)c2ccccc2N(C)C(=O)C2CC2)C1. The molecule has 2 aliphatic rings. The van der Waals surface area contributed by atoms with Crippen LogP contribution in [0.5, 0.6) is 0 Å². The lowest BCUT2D eigenvalue weighted by atomic mass is 9.95. The second kappa shape index (κ2) is 7.34. The van der Waals surface area contributed by atoms with Gasteiger partial charge in [0.15, 0.2) is 0 Å². The molecule has 0 heterocycles. The number of rotatable bonds is 5. The Morgan fingerprint density at radius 3 is 2.50 bits per heavy atom. The standard InChI is InChI=1S/C19H25NO4/c1-20(18(21)13-10-11-13)17-9-4-3-8-16(17)19(22)24-15-7-5-6-14(12-15)23-2/h3-4,8-9,13-15H,5-7,10-12H2,1-2H3/t14-,15-/m0/s1. The smallest absolute Gasteiger partial charge is 0.340 e.